The standard InChI is InChI=1S/C14H20N2O3/c1-9-6-5-7-10(2)13(9)15-8-12(17)16(4)11(3)14(18)19/h5-7,11,15H,8H2,1-4H3,(H,18,19). The number of para-hydroxylation sites is 1. The highest BCUT2D eigenvalue weighted by molar-refractivity contribution is 5.86. The maximum Gasteiger partial charge on any atom is 0.326 e. The second kappa shape index (κ2) is 6.22. The molecule has 0 saturated carbocycles. The van der Waals surface area contributed by atoms with Gasteiger partial charge in [-0.1, -0.05) is 18.2 Å². The average Bonchev–Trinajstić information content (AvgIpc) is 2.35. The molecule has 0 heterocycles. The lowest BCUT2D eigenvalue weighted by molar-refractivity contribution is -0.147. The van der Waals surface area contributed by atoms with Crippen molar-refractivity contribution < 1.29 is 14.7 Å². The van der Waals surface area contributed by atoms with Crippen molar-refractivity contribution >= 4 is 17.6 Å². The number of carbonyl (C=O) groups is 2. The van der Waals surface area contributed by atoms with E-state index >= 15 is 0 Å². The van der Waals surface area contributed by atoms with Gasteiger partial charge in [-0.3, -0.25) is 4.79 Å². The molecule has 5 heteroatoms. The summed E-state index contributed by atoms with van der Waals surface area (Å²) in [5.41, 5.74) is 3.04. The Labute approximate surface area is 113 Å². The summed E-state index contributed by atoms with van der Waals surface area (Å²) >= 11 is 0. The first kappa shape index (κ1) is 15.0. The third-order valence-electron chi connectivity index (χ3n) is 3.23. The normalized spacial score (nSPS) is 11.8. The Morgan fingerprint density at radius 1 is 1.32 bits per heavy atom. The molecule has 1 aromatic carbocycles. The number of likely N-dealkylation sites (N-methyl/N-ethyl adjacent to an activating group) is 1. The van der Waals surface area contributed by atoms with Crippen LogP contribution in [-0.4, -0.2) is 41.5 Å². The van der Waals surface area contributed by atoms with Gasteiger partial charge in [0.05, 0.1) is 6.54 Å². The van der Waals surface area contributed by atoms with Crippen LogP contribution in [0, 0.1) is 13.8 Å². The van der Waals surface area contributed by atoms with Gasteiger partial charge in [0.2, 0.25) is 5.91 Å². The van der Waals surface area contributed by atoms with Gasteiger partial charge in [0.25, 0.3) is 0 Å². The minimum absolute atomic E-state index is 0.0831. The second-order valence-corrected chi connectivity index (χ2v) is 4.64. The smallest absolute Gasteiger partial charge is 0.326 e. The SMILES string of the molecule is Cc1cccc(C)c1NCC(=O)N(C)C(C)C(=O)O. The van der Waals surface area contributed by atoms with E-state index in [0.29, 0.717) is 0 Å². The van der Waals surface area contributed by atoms with Crippen molar-refractivity contribution in [3.8, 4) is 0 Å². The Kier molecular flexibility index (Phi) is 4.92. The van der Waals surface area contributed by atoms with Crippen molar-refractivity contribution in [3.63, 3.8) is 0 Å². The summed E-state index contributed by atoms with van der Waals surface area (Å²) in [5, 5.41) is 11.9. The van der Waals surface area contributed by atoms with E-state index < -0.39 is 12.0 Å². The number of carbonyl (C=O) groups excluding carboxylic acids is 1. The minimum Gasteiger partial charge on any atom is -0.480 e. The number of hydrogen-bond donors (Lipinski definition) is 2. The van der Waals surface area contributed by atoms with Crippen molar-refractivity contribution in [1.29, 1.82) is 0 Å². The monoisotopic (exact) mass is 264 g/mol. The molecule has 0 bridgehead atoms. The summed E-state index contributed by atoms with van der Waals surface area (Å²) in [6.45, 7) is 5.49. The Bertz CT molecular complexity index is 465. The number of anilines is 1. The summed E-state index contributed by atoms with van der Waals surface area (Å²) in [6, 6.07) is 5.05. The number of carboxylic acid groups (broad SMARTS) is 1. The van der Waals surface area contributed by atoms with Crippen LogP contribution in [-0.2, 0) is 9.59 Å². The van der Waals surface area contributed by atoms with Crippen molar-refractivity contribution in [2.24, 2.45) is 0 Å². The summed E-state index contributed by atoms with van der Waals surface area (Å²) in [6.07, 6.45) is 0. The zero-order valence-electron chi connectivity index (χ0n) is 11.7. The number of rotatable bonds is 5. The maximum absolute atomic E-state index is 11.9. The second-order valence-electron chi connectivity index (χ2n) is 4.64. The van der Waals surface area contributed by atoms with E-state index in [0.717, 1.165) is 16.8 Å². The molecular formula is C14H20N2O3. The number of carboxylic acids is 1. The highest BCUT2D eigenvalue weighted by atomic mass is 16.4. The Hall–Kier alpha value is -2.04. The number of hydrogen-bond acceptors (Lipinski definition) is 3. The molecule has 0 aliphatic carbocycles. The minimum atomic E-state index is -1.01. The number of nitrogens with zero attached hydrogens (tertiary/aromatic N) is 1. The third-order valence-corrected chi connectivity index (χ3v) is 3.23. The largest absolute Gasteiger partial charge is 0.480 e. The molecule has 2 N–H and O–H groups in total. The van der Waals surface area contributed by atoms with Gasteiger partial charge >= 0.3 is 5.97 Å². The van der Waals surface area contributed by atoms with E-state index in [9.17, 15) is 9.59 Å². The fraction of sp³-hybridized carbons (Fsp3) is 0.429. The molecule has 1 unspecified atom stereocenters. The number of nitrogens with one attached hydrogen (secondary N) is 1. The van der Waals surface area contributed by atoms with Gasteiger partial charge in [-0.25, -0.2) is 4.79 Å². The predicted octanol–water partition coefficient (Wildman–Crippen LogP) is 1.65. The summed E-state index contributed by atoms with van der Waals surface area (Å²) in [4.78, 5) is 23.9. The van der Waals surface area contributed by atoms with E-state index in [-0.39, 0.29) is 12.5 Å². The molecule has 19 heavy (non-hydrogen) atoms. The van der Waals surface area contributed by atoms with Gasteiger partial charge < -0.3 is 15.3 Å². The summed E-state index contributed by atoms with van der Waals surface area (Å²) in [5.74, 6) is -1.26. The van der Waals surface area contributed by atoms with Crippen LogP contribution in [0.5, 0.6) is 0 Å². The third kappa shape index (κ3) is 3.71. The molecule has 5 nitrogen and oxygen atoms in total. The molecule has 0 aromatic heterocycles. The average molecular weight is 264 g/mol. The van der Waals surface area contributed by atoms with Crippen LogP contribution >= 0.6 is 0 Å². The van der Waals surface area contributed by atoms with Gasteiger partial charge in [0.1, 0.15) is 6.04 Å². The number of aryl methyl sites for hydroxylation is 2. The van der Waals surface area contributed by atoms with Crippen LogP contribution in [0.25, 0.3) is 0 Å². The van der Waals surface area contributed by atoms with Gasteiger partial charge in [0, 0.05) is 12.7 Å². The lowest BCUT2D eigenvalue weighted by Gasteiger charge is -2.22. The Morgan fingerprint density at radius 3 is 2.32 bits per heavy atom. The van der Waals surface area contributed by atoms with Crippen LogP contribution in [0.1, 0.15) is 18.1 Å². The molecule has 104 valence electrons. The molecule has 1 atom stereocenters. The Balaban J connectivity index is 2.67. The molecule has 1 rings (SSSR count). The van der Waals surface area contributed by atoms with Crippen molar-refractivity contribution in [1.82, 2.24) is 4.90 Å². The molecule has 1 aromatic rings. The highest BCUT2D eigenvalue weighted by Crippen LogP contribution is 2.19. The summed E-state index contributed by atoms with van der Waals surface area (Å²) < 4.78 is 0. The van der Waals surface area contributed by atoms with E-state index in [2.05, 4.69) is 5.32 Å². The summed E-state index contributed by atoms with van der Waals surface area (Å²) in [7, 11) is 1.49. The van der Waals surface area contributed by atoms with E-state index in [1.165, 1.54) is 18.9 Å². The van der Waals surface area contributed by atoms with Gasteiger partial charge in [-0.2, -0.15) is 0 Å². The number of benzene rings is 1. The Morgan fingerprint density at radius 2 is 1.84 bits per heavy atom. The highest BCUT2D eigenvalue weighted by Gasteiger charge is 2.21. The van der Waals surface area contributed by atoms with Gasteiger partial charge in [-0.15, -0.1) is 0 Å². The number of aliphatic carboxylic acids is 1. The quantitative estimate of drug-likeness (QED) is 0.848. The lowest BCUT2D eigenvalue weighted by atomic mass is 10.1. The zero-order chi connectivity index (χ0) is 14.6. The first-order valence-corrected chi connectivity index (χ1v) is 6.13. The lowest BCUT2D eigenvalue weighted by Crippen LogP contribution is -2.42. The van der Waals surface area contributed by atoms with E-state index in [4.69, 9.17) is 5.11 Å². The molecule has 1 amide bonds. The molecule has 0 saturated heterocycles. The predicted molar refractivity (Wildman–Crippen MR) is 74.3 cm³/mol. The fourth-order valence-corrected chi connectivity index (χ4v) is 1.76. The van der Waals surface area contributed by atoms with Crippen LogP contribution in [0.15, 0.2) is 18.2 Å². The van der Waals surface area contributed by atoms with Gasteiger partial charge in [0.15, 0.2) is 0 Å². The molecular weight excluding hydrogens is 244 g/mol. The van der Waals surface area contributed by atoms with Crippen molar-refractivity contribution in [2.45, 2.75) is 26.8 Å². The van der Waals surface area contributed by atoms with Crippen LogP contribution in [0.3, 0.4) is 0 Å². The molecule has 0 radical (unpaired) electrons. The first-order chi connectivity index (χ1) is 8.84. The first-order valence-electron chi connectivity index (χ1n) is 6.13. The maximum atomic E-state index is 11.9. The number of amides is 1. The van der Waals surface area contributed by atoms with Crippen LogP contribution in [0.2, 0.25) is 0 Å². The van der Waals surface area contributed by atoms with Crippen molar-refractivity contribution in [2.75, 3.05) is 18.9 Å². The molecule has 0 aliphatic rings. The molecule has 0 spiro atoms. The van der Waals surface area contributed by atoms with E-state index in [1.54, 1.807) is 0 Å². The van der Waals surface area contributed by atoms with Crippen LogP contribution < -0.4 is 5.32 Å². The van der Waals surface area contributed by atoms with Crippen molar-refractivity contribution in [3.05, 3.63) is 29.3 Å². The zero-order valence-corrected chi connectivity index (χ0v) is 11.7. The molecule has 0 aliphatic heterocycles. The molecule has 0 fully saturated rings. The fourth-order valence-electron chi connectivity index (χ4n) is 1.76. The van der Waals surface area contributed by atoms with E-state index in [1.807, 2.05) is 32.0 Å². The topological polar surface area (TPSA) is 69.6 Å². The van der Waals surface area contributed by atoms with Crippen LogP contribution in [0.4, 0.5) is 5.69 Å². The van der Waals surface area contributed by atoms with Gasteiger partial charge in [-0.05, 0) is 31.9 Å².